The molecule has 1 N–H and O–H groups in total. The number of nitrogens with one attached hydrogen (secondary N) is 1. The molecule has 0 saturated heterocycles. The van der Waals surface area contributed by atoms with Crippen molar-refractivity contribution in [1.82, 2.24) is 0 Å². The molecule has 1 aromatic carbocycles. The number of benzene rings is 1. The zero-order valence-corrected chi connectivity index (χ0v) is 12.0. The van der Waals surface area contributed by atoms with Gasteiger partial charge >= 0.3 is 18.4 Å². The van der Waals surface area contributed by atoms with Gasteiger partial charge in [-0.3, -0.25) is 9.64 Å². The molecule has 10 heteroatoms. The third-order valence-corrected chi connectivity index (χ3v) is 3.40. The summed E-state index contributed by atoms with van der Waals surface area (Å²) < 4.78 is 45.3. The topological polar surface area (TPSA) is 92.8 Å². The zero-order chi connectivity index (χ0) is 18.1. The normalized spacial score (nSPS) is 20.2. The summed E-state index contributed by atoms with van der Waals surface area (Å²) in [5, 5.41) is 11.8. The average molecular weight is 339 g/mol. The molecule has 7 nitrogen and oxygen atoms in total. The highest BCUT2D eigenvalue weighted by Gasteiger charge is 2.62. The molecule has 1 heterocycles. The fourth-order valence-corrected chi connectivity index (χ4v) is 2.38. The number of amides is 1. The molecule has 0 aromatic heterocycles. The van der Waals surface area contributed by atoms with Gasteiger partial charge in [-0.1, -0.05) is 0 Å². The van der Waals surface area contributed by atoms with E-state index in [1.807, 2.05) is 0 Å². The highest BCUT2D eigenvalue weighted by molar-refractivity contribution is 6.12. The summed E-state index contributed by atoms with van der Waals surface area (Å²) in [5.41, 5.74) is -2.59. The minimum atomic E-state index is -4.98. The number of nitrogens with zero attached hydrogens (tertiary/aromatic N) is 2. The molecule has 2 atom stereocenters. The van der Waals surface area contributed by atoms with Gasteiger partial charge in [0.15, 0.2) is 0 Å². The summed E-state index contributed by atoms with van der Waals surface area (Å²) >= 11 is 0. The van der Waals surface area contributed by atoms with E-state index in [-0.39, 0.29) is 11.3 Å². The Hall–Kier alpha value is -3.27. The molecular formula is C14H8F3N3O4. The lowest BCUT2D eigenvalue weighted by Crippen LogP contribution is -2.47. The maximum atomic E-state index is 12.4. The fourth-order valence-electron chi connectivity index (χ4n) is 2.38. The molecular weight excluding hydrogens is 331 g/mol. The van der Waals surface area contributed by atoms with Crippen molar-refractivity contribution in [1.29, 1.82) is 5.26 Å². The van der Waals surface area contributed by atoms with Crippen molar-refractivity contribution in [2.75, 3.05) is 12.4 Å². The Morgan fingerprint density at radius 3 is 2.67 bits per heavy atom. The van der Waals surface area contributed by atoms with E-state index < -0.39 is 35.4 Å². The van der Waals surface area contributed by atoms with Crippen LogP contribution in [0.3, 0.4) is 0 Å². The van der Waals surface area contributed by atoms with Crippen molar-refractivity contribution >= 4 is 17.6 Å². The molecule has 0 spiro atoms. The third-order valence-electron chi connectivity index (χ3n) is 3.40. The second-order valence-corrected chi connectivity index (χ2v) is 4.68. The fraction of sp³-hybridized carbons (Fsp3) is 0.286. The quantitative estimate of drug-likeness (QED) is 0.669. The number of fused-ring (bicyclic) bond motifs is 1. The summed E-state index contributed by atoms with van der Waals surface area (Å²) in [7, 11) is 0.961. The molecule has 2 rings (SSSR count). The van der Waals surface area contributed by atoms with E-state index in [9.17, 15) is 28.0 Å². The zero-order valence-electron chi connectivity index (χ0n) is 12.0. The van der Waals surface area contributed by atoms with E-state index in [4.69, 9.17) is 6.57 Å². The number of methoxy groups -OCH3 is 1. The van der Waals surface area contributed by atoms with Gasteiger partial charge in [0.05, 0.1) is 13.2 Å². The molecule has 1 aliphatic rings. The summed E-state index contributed by atoms with van der Waals surface area (Å²) in [6.07, 6.45) is -4.98. The number of ether oxygens (including phenoxy) is 2. The van der Waals surface area contributed by atoms with Crippen molar-refractivity contribution in [2.45, 2.75) is 17.8 Å². The predicted octanol–water partition coefficient (Wildman–Crippen LogP) is 1.76. The minimum absolute atomic E-state index is 0.00799. The number of carbonyl (C=O) groups excluding carboxylic acids is 2. The predicted molar refractivity (Wildman–Crippen MR) is 71.5 cm³/mol. The Morgan fingerprint density at radius 1 is 1.50 bits per heavy atom. The van der Waals surface area contributed by atoms with E-state index in [0.717, 1.165) is 25.3 Å². The number of hydrogen-bond donors (Lipinski definition) is 1. The first-order valence-electron chi connectivity index (χ1n) is 6.27. The van der Waals surface area contributed by atoms with Crippen LogP contribution in [0.1, 0.15) is 5.56 Å². The van der Waals surface area contributed by atoms with Crippen LogP contribution < -0.4 is 10.1 Å². The molecule has 0 radical (unpaired) electrons. The summed E-state index contributed by atoms with van der Waals surface area (Å²) in [6, 6.07) is 2.52. The van der Waals surface area contributed by atoms with Crippen LogP contribution in [0.25, 0.3) is 4.85 Å². The van der Waals surface area contributed by atoms with E-state index >= 15 is 0 Å². The van der Waals surface area contributed by atoms with Crippen LogP contribution in [0.2, 0.25) is 0 Å². The highest BCUT2D eigenvalue weighted by Crippen LogP contribution is 2.43. The van der Waals surface area contributed by atoms with Gasteiger partial charge in [-0.05, 0) is 18.2 Å². The Morgan fingerprint density at radius 2 is 2.17 bits per heavy atom. The van der Waals surface area contributed by atoms with Crippen molar-refractivity contribution < 1.29 is 32.2 Å². The number of rotatable bonds is 3. The highest BCUT2D eigenvalue weighted by atomic mass is 19.4. The average Bonchev–Trinajstić information content (AvgIpc) is 2.79. The number of esters is 1. The maximum absolute atomic E-state index is 12.4. The molecule has 1 aliphatic heterocycles. The lowest BCUT2D eigenvalue weighted by atomic mass is 9.76. The smallest absolute Gasteiger partial charge is 0.463 e. The summed E-state index contributed by atoms with van der Waals surface area (Å²) in [5.74, 6) is -2.85. The maximum Gasteiger partial charge on any atom is 0.573 e. The van der Waals surface area contributed by atoms with Crippen LogP contribution in [-0.4, -0.2) is 31.4 Å². The number of carbonyl (C=O) groups is 2. The van der Waals surface area contributed by atoms with Crippen molar-refractivity contribution in [3.8, 4) is 11.8 Å². The van der Waals surface area contributed by atoms with E-state index in [1.165, 1.54) is 0 Å². The van der Waals surface area contributed by atoms with E-state index in [2.05, 4.69) is 19.6 Å². The number of nitriles is 1. The molecule has 0 bridgehead atoms. The monoisotopic (exact) mass is 339 g/mol. The van der Waals surface area contributed by atoms with Gasteiger partial charge in [0.2, 0.25) is 5.41 Å². The van der Waals surface area contributed by atoms with E-state index in [0.29, 0.717) is 0 Å². The number of alkyl halides is 3. The number of halogens is 3. The van der Waals surface area contributed by atoms with Crippen molar-refractivity contribution in [3.05, 3.63) is 35.2 Å². The number of anilines is 1. The van der Waals surface area contributed by atoms with E-state index in [1.54, 1.807) is 6.07 Å². The Balaban J connectivity index is 2.64. The molecule has 0 fully saturated rings. The first-order valence-corrected chi connectivity index (χ1v) is 6.27. The van der Waals surface area contributed by atoms with Crippen molar-refractivity contribution in [2.24, 2.45) is 0 Å². The van der Waals surface area contributed by atoms with Gasteiger partial charge in [-0.25, -0.2) is 11.4 Å². The standard InChI is InChI=1S/C14H8F3N3O4/c1-19-10(11(21)23-2)13(6-18)8-5-7(24-14(15,16)17)3-4-9(8)20-12(13)22/h3-5,10H,2H3,(H,20,22). The third kappa shape index (κ3) is 2.58. The molecule has 124 valence electrons. The van der Waals surface area contributed by atoms with Gasteiger partial charge in [0.25, 0.3) is 5.91 Å². The van der Waals surface area contributed by atoms with Crippen LogP contribution >= 0.6 is 0 Å². The Labute approximate surface area is 133 Å². The van der Waals surface area contributed by atoms with Crippen molar-refractivity contribution in [3.63, 3.8) is 0 Å². The van der Waals surface area contributed by atoms with Crippen LogP contribution in [-0.2, 0) is 19.7 Å². The SMILES string of the molecule is [C-]#[N+]C(C(=O)OC)C1(C#N)C(=O)Nc2ccc(OC(F)(F)F)cc21. The van der Waals surface area contributed by atoms with Crippen LogP contribution in [0.5, 0.6) is 5.75 Å². The second-order valence-electron chi connectivity index (χ2n) is 4.68. The second kappa shape index (κ2) is 5.74. The van der Waals surface area contributed by atoms with Gasteiger partial charge in [-0.15, -0.1) is 13.2 Å². The number of hydrogen-bond acceptors (Lipinski definition) is 5. The summed E-state index contributed by atoms with van der Waals surface area (Å²) in [6.45, 7) is 7.10. The van der Waals surface area contributed by atoms with Gasteiger partial charge in [0.1, 0.15) is 5.75 Å². The lowest BCUT2D eigenvalue weighted by molar-refractivity contribution is -0.274. The lowest BCUT2D eigenvalue weighted by Gasteiger charge is -2.19. The minimum Gasteiger partial charge on any atom is -0.463 e. The first kappa shape index (κ1) is 17.1. The van der Waals surface area contributed by atoms with Crippen LogP contribution in [0.4, 0.5) is 18.9 Å². The van der Waals surface area contributed by atoms with Gasteiger partial charge in [0, 0.05) is 11.3 Å². The van der Waals surface area contributed by atoms with Gasteiger partial charge in [-0.2, -0.15) is 5.26 Å². The summed E-state index contributed by atoms with van der Waals surface area (Å²) in [4.78, 5) is 27.0. The van der Waals surface area contributed by atoms with Crippen LogP contribution in [0, 0.1) is 17.9 Å². The Kier molecular flexibility index (Phi) is 4.09. The Bertz CT molecular complexity index is 794. The first-order chi connectivity index (χ1) is 11.2. The van der Waals surface area contributed by atoms with Crippen LogP contribution in [0.15, 0.2) is 18.2 Å². The molecule has 1 aromatic rings. The molecule has 0 aliphatic carbocycles. The largest absolute Gasteiger partial charge is 0.573 e. The molecule has 24 heavy (non-hydrogen) atoms. The molecule has 2 unspecified atom stereocenters. The van der Waals surface area contributed by atoms with Gasteiger partial charge < -0.3 is 14.8 Å². The molecule has 0 saturated carbocycles. The molecule has 1 amide bonds.